The molecule has 102 valence electrons. The molecule has 0 radical (unpaired) electrons. The van der Waals surface area contributed by atoms with Crippen LogP contribution in [-0.2, 0) is 0 Å². The molecule has 0 bridgehead atoms. The van der Waals surface area contributed by atoms with Crippen molar-refractivity contribution < 1.29 is 0 Å². The average Bonchev–Trinajstić information content (AvgIpc) is 2.81. The third-order valence-electron chi connectivity index (χ3n) is 4.11. The van der Waals surface area contributed by atoms with Gasteiger partial charge in [0.2, 0.25) is 0 Å². The molecule has 0 aromatic carbocycles. The highest BCUT2D eigenvalue weighted by molar-refractivity contribution is 6.30. The molecule has 1 fully saturated rings. The minimum absolute atomic E-state index is 0.591. The van der Waals surface area contributed by atoms with E-state index in [0.717, 1.165) is 10.7 Å². The summed E-state index contributed by atoms with van der Waals surface area (Å²) in [6, 6.07) is 4.53. The summed E-state index contributed by atoms with van der Waals surface area (Å²) < 4.78 is 2.03. The second-order valence-corrected chi connectivity index (χ2v) is 6.12. The standard InChI is InChI=1S/C15H20ClN3/c1-11(2)18-7-5-12(6-8-18)14-10-19-9-13(16)3-4-15(19)17-14/h3-4,9-12H,5-8H2,1-2H3. The molecule has 4 heteroatoms. The van der Waals surface area contributed by atoms with Gasteiger partial charge in [-0.3, -0.25) is 0 Å². The van der Waals surface area contributed by atoms with E-state index in [4.69, 9.17) is 16.6 Å². The Morgan fingerprint density at radius 1 is 1.21 bits per heavy atom. The van der Waals surface area contributed by atoms with Gasteiger partial charge >= 0.3 is 0 Å². The van der Waals surface area contributed by atoms with Crippen molar-refractivity contribution in [1.29, 1.82) is 0 Å². The van der Waals surface area contributed by atoms with Crippen LogP contribution in [0.2, 0.25) is 5.02 Å². The molecular formula is C15H20ClN3. The fraction of sp³-hybridized carbons (Fsp3) is 0.533. The van der Waals surface area contributed by atoms with Gasteiger partial charge in [-0.25, -0.2) is 4.98 Å². The molecule has 0 aliphatic carbocycles. The van der Waals surface area contributed by atoms with Crippen molar-refractivity contribution in [2.24, 2.45) is 0 Å². The van der Waals surface area contributed by atoms with Gasteiger partial charge in [0.1, 0.15) is 5.65 Å². The first-order valence-electron chi connectivity index (χ1n) is 7.01. The van der Waals surface area contributed by atoms with Crippen LogP contribution >= 0.6 is 11.6 Å². The Morgan fingerprint density at radius 2 is 1.95 bits per heavy atom. The molecule has 0 unspecified atom stereocenters. The minimum atomic E-state index is 0.591. The lowest BCUT2D eigenvalue weighted by Crippen LogP contribution is -2.37. The van der Waals surface area contributed by atoms with Crippen LogP contribution in [-0.4, -0.2) is 33.4 Å². The Labute approximate surface area is 119 Å². The van der Waals surface area contributed by atoms with Gasteiger partial charge in [0.15, 0.2) is 0 Å². The summed E-state index contributed by atoms with van der Waals surface area (Å²) in [5.41, 5.74) is 2.20. The monoisotopic (exact) mass is 277 g/mol. The molecule has 3 rings (SSSR count). The predicted molar refractivity (Wildman–Crippen MR) is 78.9 cm³/mol. The fourth-order valence-corrected chi connectivity index (χ4v) is 3.06. The average molecular weight is 278 g/mol. The predicted octanol–water partition coefficient (Wildman–Crippen LogP) is 3.58. The molecule has 0 amide bonds. The zero-order valence-electron chi connectivity index (χ0n) is 11.5. The SMILES string of the molecule is CC(C)N1CCC(c2cn3cc(Cl)ccc3n2)CC1. The molecule has 0 saturated carbocycles. The zero-order valence-corrected chi connectivity index (χ0v) is 12.3. The van der Waals surface area contributed by atoms with Crippen LogP contribution in [0, 0.1) is 0 Å². The van der Waals surface area contributed by atoms with Gasteiger partial charge in [0.25, 0.3) is 0 Å². The van der Waals surface area contributed by atoms with E-state index >= 15 is 0 Å². The number of aromatic nitrogens is 2. The maximum absolute atomic E-state index is 6.01. The van der Waals surface area contributed by atoms with E-state index in [-0.39, 0.29) is 0 Å². The van der Waals surface area contributed by atoms with Crippen LogP contribution in [0.1, 0.15) is 38.3 Å². The molecule has 19 heavy (non-hydrogen) atoms. The van der Waals surface area contributed by atoms with Crippen LogP contribution in [0.15, 0.2) is 24.5 Å². The number of imidazole rings is 1. The van der Waals surface area contributed by atoms with E-state index in [1.807, 2.05) is 22.7 Å². The number of hydrogen-bond donors (Lipinski definition) is 0. The summed E-state index contributed by atoms with van der Waals surface area (Å²) in [4.78, 5) is 7.28. The molecule has 0 atom stereocenters. The number of rotatable bonds is 2. The quantitative estimate of drug-likeness (QED) is 0.836. The van der Waals surface area contributed by atoms with Gasteiger partial charge in [-0.05, 0) is 51.9 Å². The first-order chi connectivity index (χ1) is 9.13. The Bertz CT molecular complexity index is 568. The summed E-state index contributed by atoms with van der Waals surface area (Å²) in [7, 11) is 0. The normalized spacial score (nSPS) is 18.5. The lowest BCUT2D eigenvalue weighted by Gasteiger charge is -2.33. The van der Waals surface area contributed by atoms with Gasteiger partial charge in [-0.1, -0.05) is 11.6 Å². The number of piperidine rings is 1. The van der Waals surface area contributed by atoms with Crippen molar-refractivity contribution in [1.82, 2.24) is 14.3 Å². The first kappa shape index (κ1) is 12.9. The van der Waals surface area contributed by atoms with Crippen LogP contribution < -0.4 is 0 Å². The number of halogens is 1. The topological polar surface area (TPSA) is 20.5 Å². The van der Waals surface area contributed by atoms with Crippen molar-refractivity contribution in [3.8, 4) is 0 Å². The van der Waals surface area contributed by atoms with Crippen molar-refractivity contribution >= 4 is 17.2 Å². The van der Waals surface area contributed by atoms with Gasteiger partial charge in [0.05, 0.1) is 10.7 Å². The summed E-state index contributed by atoms with van der Waals surface area (Å²) in [6.07, 6.45) is 6.47. The number of fused-ring (bicyclic) bond motifs is 1. The fourth-order valence-electron chi connectivity index (χ4n) is 2.89. The largest absolute Gasteiger partial charge is 0.305 e. The van der Waals surface area contributed by atoms with Crippen molar-refractivity contribution in [2.45, 2.75) is 38.6 Å². The molecule has 3 heterocycles. The number of pyridine rings is 1. The van der Waals surface area contributed by atoms with E-state index in [0.29, 0.717) is 12.0 Å². The molecule has 1 aliphatic heterocycles. The summed E-state index contributed by atoms with van der Waals surface area (Å²) in [6.45, 7) is 6.90. The van der Waals surface area contributed by atoms with Crippen LogP contribution in [0.5, 0.6) is 0 Å². The highest BCUT2D eigenvalue weighted by Crippen LogP contribution is 2.28. The second kappa shape index (κ2) is 5.14. The zero-order chi connectivity index (χ0) is 13.4. The molecule has 3 nitrogen and oxygen atoms in total. The van der Waals surface area contributed by atoms with E-state index in [1.54, 1.807) is 0 Å². The van der Waals surface area contributed by atoms with Gasteiger partial charge < -0.3 is 9.30 Å². The molecule has 1 saturated heterocycles. The maximum Gasteiger partial charge on any atom is 0.137 e. The Balaban J connectivity index is 1.78. The Kier molecular flexibility index (Phi) is 3.50. The van der Waals surface area contributed by atoms with Crippen LogP contribution in [0.3, 0.4) is 0 Å². The van der Waals surface area contributed by atoms with Gasteiger partial charge in [-0.15, -0.1) is 0 Å². The Hall–Kier alpha value is -1.06. The van der Waals surface area contributed by atoms with E-state index in [1.165, 1.54) is 31.6 Å². The third-order valence-corrected chi connectivity index (χ3v) is 4.34. The number of likely N-dealkylation sites (tertiary alicyclic amines) is 1. The van der Waals surface area contributed by atoms with Gasteiger partial charge in [-0.2, -0.15) is 0 Å². The van der Waals surface area contributed by atoms with Crippen molar-refractivity contribution in [3.05, 3.63) is 35.2 Å². The van der Waals surface area contributed by atoms with Crippen molar-refractivity contribution in [2.75, 3.05) is 13.1 Å². The Morgan fingerprint density at radius 3 is 2.63 bits per heavy atom. The summed E-state index contributed by atoms with van der Waals surface area (Å²) in [5.74, 6) is 0.591. The van der Waals surface area contributed by atoms with E-state index < -0.39 is 0 Å². The second-order valence-electron chi connectivity index (χ2n) is 5.68. The summed E-state index contributed by atoms with van der Waals surface area (Å²) >= 11 is 6.01. The minimum Gasteiger partial charge on any atom is -0.305 e. The lowest BCUT2D eigenvalue weighted by atomic mass is 9.93. The van der Waals surface area contributed by atoms with E-state index in [9.17, 15) is 0 Å². The third kappa shape index (κ3) is 2.63. The molecule has 0 spiro atoms. The smallest absolute Gasteiger partial charge is 0.137 e. The van der Waals surface area contributed by atoms with Gasteiger partial charge in [0, 0.05) is 24.4 Å². The molecular weight excluding hydrogens is 258 g/mol. The molecule has 2 aromatic rings. The number of nitrogens with zero attached hydrogens (tertiary/aromatic N) is 3. The molecule has 1 aliphatic rings. The summed E-state index contributed by atoms with van der Waals surface area (Å²) in [5, 5.41) is 0.756. The lowest BCUT2D eigenvalue weighted by molar-refractivity contribution is 0.171. The first-order valence-corrected chi connectivity index (χ1v) is 7.39. The van der Waals surface area contributed by atoms with Crippen molar-refractivity contribution in [3.63, 3.8) is 0 Å². The molecule has 0 N–H and O–H groups in total. The number of hydrogen-bond acceptors (Lipinski definition) is 2. The molecule has 2 aromatic heterocycles. The van der Waals surface area contributed by atoms with E-state index in [2.05, 4.69) is 24.9 Å². The van der Waals surface area contributed by atoms with Crippen LogP contribution in [0.4, 0.5) is 0 Å². The maximum atomic E-state index is 6.01. The highest BCUT2D eigenvalue weighted by Gasteiger charge is 2.23. The van der Waals surface area contributed by atoms with Crippen LogP contribution in [0.25, 0.3) is 5.65 Å². The highest BCUT2D eigenvalue weighted by atomic mass is 35.5.